The highest BCUT2D eigenvalue weighted by Gasteiger charge is 2.33. The maximum Gasteiger partial charge on any atom is 0.277 e. The zero-order chi connectivity index (χ0) is 20.2. The summed E-state index contributed by atoms with van der Waals surface area (Å²) in [5, 5.41) is 3.00. The molecule has 2 amide bonds. The number of unbranched alkanes of at least 4 members (excludes halogenated alkanes) is 1. The van der Waals surface area contributed by atoms with E-state index in [1.807, 2.05) is 18.2 Å². The number of carbonyl (C=O) groups is 2. The zero-order valence-electron chi connectivity index (χ0n) is 16.7. The number of amides is 2. The number of carbonyl (C=O) groups excluding carboxylic acids is 2. The van der Waals surface area contributed by atoms with Crippen LogP contribution in [0.25, 0.3) is 0 Å². The van der Waals surface area contributed by atoms with Gasteiger partial charge in [-0.1, -0.05) is 19.4 Å². The van der Waals surface area contributed by atoms with E-state index in [1.54, 1.807) is 24.3 Å². The fraction of sp³-hybridized carbons (Fsp3) is 0.375. The summed E-state index contributed by atoms with van der Waals surface area (Å²) in [6.45, 7) is 2.79. The van der Waals surface area contributed by atoms with Gasteiger partial charge >= 0.3 is 0 Å². The molecule has 150 valence electrons. The van der Waals surface area contributed by atoms with Crippen LogP contribution in [0.4, 0.5) is 0 Å². The van der Waals surface area contributed by atoms with E-state index in [9.17, 15) is 9.59 Å². The molecule has 0 bridgehead atoms. The molecule has 1 aromatic rings. The lowest BCUT2D eigenvalue weighted by Crippen LogP contribution is -2.37. The Bertz CT molecular complexity index is 935. The highest BCUT2D eigenvalue weighted by Crippen LogP contribution is 2.38. The van der Waals surface area contributed by atoms with Gasteiger partial charge in [-0.3, -0.25) is 9.59 Å². The number of ether oxygens (including phenoxy) is 1. The van der Waals surface area contributed by atoms with Crippen LogP contribution in [0.3, 0.4) is 0 Å². The molecule has 5 heteroatoms. The number of hydrogen-bond acceptors (Lipinski definition) is 3. The van der Waals surface area contributed by atoms with Gasteiger partial charge < -0.3 is 10.1 Å². The molecule has 0 aromatic heterocycles. The van der Waals surface area contributed by atoms with Crippen LogP contribution in [-0.4, -0.2) is 24.1 Å². The minimum absolute atomic E-state index is 0.00170. The van der Waals surface area contributed by atoms with Gasteiger partial charge in [0.2, 0.25) is 0 Å². The molecular weight excluding hydrogens is 364 g/mol. The van der Waals surface area contributed by atoms with Gasteiger partial charge in [0.25, 0.3) is 11.8 Å². The van der Waals surface area contributed by atoms with E-state index >= 15 is 0 Å². The second-order valence-electron chi connectivity index (χ2n) is 7.67. The summed E-state index contributed by atoms with van der Waals surface area (Å²) in [5.41, 5.74) is 4.07. The topological polar surface area (TPSA) is 67.8 Å². The second kappa shape index (κ2) is 8.60. The van der Waals surface area contributed by atoms with Crippen LogP contribution in [0.1, 0.15) is 55.8 Å². The Hall–Kier alpha value is -2.95. The lowest BCUT2D eigenvalue weighted by molar-refractivity contribution is -0.117. The quantitative estimate of drug-likeness (QED) is 0.752. The first-order valence-corrected chi connectivity index (χ1v) is 10.4. The summed E-state index contributed by atoms with van der Waals surface area (Å²) >= 11 is 0. The normalized spacial score (nSPS) is 22.0. The molecule has 0 fully saturated rings. The van der Waals surface area contributed by atoms with Crippen LogP contribution in [-0.2, 0) is 4.79 Å². The number of allylic oxidation sites excluding steroid dienone is 3. The maximum atomic E-state index is 12.5. The molecule has 5 nitrogen and oxygen atoms in total. The Morgan fingerprint density at radius 1 is 1.21 bits per heavy atom. The first-order valence-electron chi connectivity index (χ1n) is 10.4. The summed E-state index contributed by atoms with van der Waals surface area (Å²) in [6, 6.07) is 7.06. The van der Waals surface area contributed by atoms with Gasteiger partial charge in [-0.05, 0) is 74.1 Å². The minimum atomic E-state index is -0.306. The number of rotatable bonds is 5. The highest BCUT2D eigenvalue weighted by molar-refractivity contribution is 6.14. The molecule has 0 saturated heterocycles. The smallest absolute Gasteiger partial charge is 0.277 e. The number of nitrogens with zero attached hydrogens (tertiary/aromatic N) is 1. The number of benzene rings is 1. The van der Waals surface area contributed by atoms with Gasteiger partial charge in [0.15, 0.2) is 0 Å². The fourth-order valence-corrected chi connectivity index (χ4v) is 4.03. The summed E-state index contributed by atoms with van der Waals surface area (Å²) in [7, 11) is 0. The van der Waals surface area contributed by atoms with Gasteiger partial charge in [0, 0.05) is 22.8 Å². The van der Waals surface area contributed by atoms with Crippen molar-refractivity contribution in [2.45, 2.75) is 45.4 Å². The van der Waals surface area contributed by atoms with Crippen molar-refractivity contribution in [2.24, 2.45) is 10.9 Å². The zero-order valence-corrected chi connectivity index (χ0v) is 16.7. The lowest BCUT2D eigenvalue weighted by Gasteiger charge is -2.33. The van der Waals surface area contributed by atoms with Crippen LogP contribution < -0.4 is 10.1 Å². The molecule has 0 saturated carbocycles. The molecule has 0 spiro atoms. The average Bonchev–Trinajstić information content (AvgIpc) is 2.74. The standard InChI is InChI=1S/C24H26N2O3/c1-2-3-14-29-18-11-8-16(9-12-18)23(27)25-17-10-13-20-19-6-4-5-7-21(19)24(28)26-22(20)15-17/h8-13,15,20H,2-7,14H2,1H3,(H,26,28). The predicted octanol–water partition coefficient (Wildman–Crippen LogP) is 4.52. The van der Waals surface area contributed by atoms with E-state index < -0.39 is 0 Å². The molecule has 1 unspecified atom stereocenters. The maximum absolute atomic E-state index is 12.5. The average molecular weight is 390 g/mol. The van der Waals surface area contributed by atoms with Gasteiger partial charge in [-0.2, -0.15) is 0 Å². The highest BCUT2D eigenvalue weighted by atomic mass is 16.5. The number of fused-ring (bicyclic) bond motifs is 2. The first-order chi connectivity index (χ1) is 14.2. The Balaban J connectivity index is 1.48. The van der Waals surface area contributed by atoms with Crippen molar-refractivity contribution >= 4 is 17.5 Å². The van der Waals surface area contributed by atoms with Crippen molar-refractivity contribution in [3.63, 3.8) is 0 Å². The summed E-state index contributed by atoms with van der Waals surface area (Å²) < 4.78 is 5.63. The number of aliphatic imine (C=N–C) groups is 1. The van der Waals surface area contributed by atoms with Gasteiger partial charge in [0.05, 0.1) is 12.3 Å². The Morgan fingerprint density at radius 2 is 2.00 bits per heavy atom. The van der Waals surface area contributed by atoms with Crippen molar-refractivity contribution in [2.75, 3.05) is 6.61 Å². The number of nitrogens with one attached hydrogen (secondary N) is 1. The third-order valence-electron chi connectivity index (χ3n) is 5.61. The Kier molecular flexibility index (Phi) is 5.74. The SMILES string of the molecule is CCCCOc1ccc(C(=O)N=C2C=CC3C(=C2)NC(=O)C2=C3CCCC2)cc1. The van der Waals surface area contributed by atoms with E-state index in [0.29, 0.717) is 17.9 Å². The Labute approximate surface area is 171 Å². The molecule has 4 rings (SSSR count). The fourth-order valence-electron chi connectivity index (χ4n) is 4.03. The van der Waals surface area contributed by atoms with Gasteiger partial charge in [0.1, 0.15) is 5.75 Å². The lowest BCUT2D eigenvalue weighted by atomic mass is 9.77. The van der Waals surface area contributed by atoms with E-state index in [2.05, 4.69) is 17.2 Å². The van der Waals surface area contributed by atoms with E-state index in [-0.39, 0.29) is 17.7 Å². The van der Waals surface area contributed by atoms with Crippen molar-refractivity contribution in [1.29, 1.82) is 0 Å². The van der Waals surface area contributed by atoms with Crippen molar-refractivity contribution in [3.8, 4) is 5.75 Å². The third-order valence-corrected chi connectivity index (χ3v) is 5.61. The molecule has 1 atom stereocenters. The summed E-state index contributed by atoms with van der Waals surface area (Å²) in [5.74, 6) is 0.560. The molecular formula is C24H26N2O3. The summed E-state index contributed by atoms with van der Waals surface area (Å²) in [4.78, 5) is 29.2. The van der Waals surface area contributed by atoms with Crippen molar-refractivity contribution < 1.29 is 14.3 Å². The molecule has 0 radical (unpaired) electrons. The van der Waals surface area contributed by atoms with Crippen LogP contribution >= 0.6 is 0 Å². The van der Waals surface area contributed by atoms with Crippen molar-refractivity contribution in [3.05, 3.63) is 64.9 Å². The summed E-state index contributed by atoms with van der Waals surface area (Å²) in [6.07, 6.45) is 11.9. The first kappa shape index (κ1) is 19.4. The van der Waals surface area contributed by atoms with Crippen molar-refractivity contribution in [1.82, 2.24) is 5.32 Å². The molecule has 3 aliphatic rings. The van der Waals surface area contributed by atoms with Gasteiger partial charge in [-0.15, -0.1) is 0 Å². The molecule has 1 aromatic carbocycles. The molecule has 1 heterocycles. The third kappa shape index (κ3) is 4.24. The van der Waals surface area contributed by atoms with Crippen LogP contribution in [0.2, 0.25) is 0 Å². The van der Waals surface area contributed by atoms with E-state index in [0.717, 1.165) is 55.5 Å². The molecule has 1 N–H and O–H groups in total. The van der Waals surface area contributed by atoms with Gasteiger partial charge in [-0.25, -0.2) is 4.99 Å². The monoisotopic (exact) mass is 390 g/mol. The van der Waals surface area contributed by atoms with E-state index in [1.165, 1.54) is 5.57 Å². The van der Waals surface area contributed by atoms with Crippen LogP contribution in [0.5, 0.6) is 5.75 Å². The number of hydrogen-bond donors (Lipinski definition) is 1. The van der Waals surface area contributed by atoms with E-state index in [4.69, 9.17) is 4.74 Å². The minimum Gasteiger partial charge on any atom is -0.494 e. The van der Waals surface area contributed by atoms with Crippen LogP contribution in [0, 0.1) is 5.92 Å². The predicted molar refractivity (Wildman–Crippen MR) is 113 cm³/mol. The Morgan fingerprint density at radius 3 is 2.79 bits per heavy atom. The second-order valence-corrected chi connectivity index (χ2v) is 7.67. The molecule has 2 aliphatic carbocycles. The van der Waals surface area contributed by atoms with Crippen LogP contribution in [0.15, 0.2) is 64.3 Å². The molecule has 29 heavy (non-hydrogen) atoms. The largest absolute Gasteiger partial charge is 0.494 e. The molecule has 1 aliphatic heterocycles.